The zero-order valence-corrected chi connectivity index (χ0v) is 10.4. The summed E-state index contributed by atoms with van der Waals surface area (Å²) in [5, 5.41) is 17.6. The standard InChI is InChI=1S/C11H24N2O3/c1-3-5-12(4-2)10-11(16)13(6-8-14)7-9-15/h14-15H,3-10H2,1-2H3. The summed E-state index contributed by atoms with van der Waals surface area (Å²) < 4.78 is 0. The molecule has 5 heteroatoms. The van der Waals surface area contributed by atoms with E-state index in [0.717, 1.165) is 19.5 Å². The molecule has 0 aromatic heterocycles. The summed E-state index contributed by atoms with van der Waals surface area (Å²) in [4.78, 5) is 15.4. The summed E-state index contributed by atoms with van der Waals surface area (Å²) in [6.07, 6.45) is 1.02. The minimum atomic E-state index is -0.0638. The maximum Gasteiger partial charge on any atom is 0.236 e. The molecule has 0 aliphatic rings. The van der Waals surface area contributed by atoms with Gasteiger partial charge in [0.05, 0.1) is 19.8 Å². The highest BCUT2D eigenvalue weighted by Gasteiger charge is 2.15. The third-order valence-electron chi connectivity index (χ3n) is 2.44. The second-order valence-corrected chi connectivity index (χ2v) is 3.70. The Morgan fingerprint density at radius 1 is 1.06 bits per heavy atom. The molecule has 2 N–H and O–H groups in total. The van der Waals surface area contributed by atoms with Crippen LogP contribution in [0.4, 0.5) is 0 Å². The van der Waals surface area contributed by atoms with Crippen molar-refractivity contribution in [3.63, 3.8) is 0 Å². The van der Waals surface area contributed by atoms with E-state index < -0.39 is 0 Å². The molecule has 0 aliphatic heterocycles. The lowest BCUT2D eigenvalue weighted by atomic mass is 10.3. The molecule has 96 valence electrons. The SMILES string of the molecule is CCCN(CC)CC(=O)N(CCO)CCO. The lowest BCUT2D eigenvalue weighted by Gasteiger charge is -2.25. The Labute approximate surface area is 97.7 Å². The predicted octanol–water partition coefficient (Wildman–Crippen LogP) is -0.468. The fraction of sp³-hybridized carbons (Fsp3) is 0.909. The molecule has 0 bridgehead atoms. The summed E-state index contributed by atoms with van der Waals surface area (Å²) in [7, 11) is 0. The number of hydrogen-bond donors (Lipinski definition) is 2. The number of rotatable bonds is 9. The first-order valence-corrected chi connectivity index (χ1v) is 5.91. The maximum absolute atomic E-state index is 11.8. The smallest absolute Gasteiger partial charge is 0.236 e. The minimum absolute atomic E-state index is 0.0293. The van der Waals surface area contributed by atoms with Gasteiger partial charge in [-0.2, -0.15) is 0 Å². The Balaban J connectivity index is 4.14. The van der Waals surface area contributed by atoms with Crippen molar-refractivity contribution in [3.8, 4) is 0 Å². The molecule has 0 fully saturated rings. The van der Waals surface area contributed by atoms with Crippen LogP contribution >= 0.6 is 0 Å². The Hall–Kier alpha value is -0.650. The number of amides is 1. The van der Waals surface area contributed by atoms with E-state index in [0.29, 0.717) is 19.6 Å². The number of aliphatic hydroxyl groups is 2. The lowest BCUT2D eigenvalue weighted by molar-refractivity contribution is -0.133. The first-order valence-electron chi connectivity index (χ1n) is 5.91. The van der Waals surface area contributed by atoms with Gasteiger partial charge in [0.15, 0.2) is 0 Å². The van der Waals surface area contributed by atoms with Crippen LogP contribution in [0.25, 0.3) is 0 Å². The van der Waals surface area contributed by atoms with Gasteiger partial charge in [-0.3, -0.25) is 9.69 Å². The maximum atomic E-state index is 11.8. The van der Waals surface area contributed by atoms with E-state index in [4.69, 9.17) is 10.2 Å². The summed E-state index contributed by atoms with van der Waals surface area (Å²) in [6, 6.07) is 0. The second-order valence-electron chi connectivity index (χ2n) is 3.70. The average molecular weight is 232 g/mol. The van der Waals surface area contributed by atoms with Crippen LogP contribution < -0.4 is 0 Å². The molecule has 0 heterocycles. The van der Waals surface area contributed by atoms with E-state index in [1.807, 2.05) is 6.92 Å². The quantitative estimate of drug-likeness (QED) is 0.564. The van der Waals surface area contributed by atoms with Crippen LogP contribution in [-0.2, 0) is 4.79 Å². The molecule has 0 atom stereocenters. The van der Waals surface area contributed by atoms with Crippen molar-refractivity contribution in [1.82, 2.24) is 9.80 Å². The van der Waals surface area contributed by atoms with Crippen molar-refractivity contribution < 1.29 is 15.0 Å². The highest BCUT2D eigenvalue weighted by Crippen LogP contribution is 1.96. The average Bonchev–Trinajstić information content (AvgIpc) is 2.28. The van der Waals surface area contributed by atoms with Crippen molar-refractivity contribution >= 4 is 5.91 Å². The van der Waals surface area contributed by atoms with E-state index >= 15 is 0 Å². The first-order chi connectivity index (χ1) is 7.69. The van der Waals surface area contributed by atoms with E-state index in [1.54, 1.807) is 0 Å². The fourth-order valence-electron chi connectivity index (χ4n) is 1.56. The molecular formula is C11H24N2O3. The molecule has 0 aliphatic carbocycles. The summed E-state index contributed by atoms with van der Waals surface area (Å²) in [5.41, 5.74) is 0. The van der Waals surface area contributed by atoms with E-state index in [1.165, 1.54) is 4.90 Å². The van der Waals surface area contributed by atoms with Gasteiger partial charge in [0.1, 0.15) is 0 Å². The summed E-state index contributed by atoms with van der Waals surface area (Å²) >= 11 is 0. The van der Waals surface area contributed by atoms with Crippen LogP contribution in [0.1, 0.15) is 20.3 Å². The highest BCUT2D eigenvalue weighted by atomic mass is 16.3. The molecule has 0 saturated heterocycles. The van der Waals surface area contributed by atoms with Gasteiger partial charge >= 0.3 is 0 Å². The molecular weight excluding hydrogens is 208 g/mol. The number of nitrogens with zero attached hydrogens (tertiary/aromatic N) is 2. The molecule has 0 saturated carbocycles. The zero-order valence-electron chi connectivity index (χ0n) is 10.4. The third-order valence-corrected chi connectivity index (χ3v) is 2.44. The first kappa shape index (κ1) is 15.3. The Kier molecular flexibility index (Phi) is 9.18. The van der Waals surface area contributed by atoms with Gasteiger partial charge < -0.3 is 15.1 Å². The second kappa shape index (κ2) is 9.57. The Morgan fingerprint density at radius 2 is 1.62 bits per heavy atom. The Morgan fingerprint density at radius 3 is 2.00 bits per heavy atom. The minimum Gasteiger partial charge on any atom is -0.395 e. The van der Waals surface area contributed by atoms with Crippen LogP contribution in [0.3, 0.4) is 0 Å². The molecule has 0 aromatic rings. The van der Waals surface area contributed by atoms with Crippen LogP contribution in [0.2, 0.25) is 0 Å². The van der Waals surface area contributed by atoms with Crippen LogP contribution in [0.5, 0.6) is 0 Å². The monoisotopic (exact) mass is 232 g/mol. The van der Waals surface area contributed by atoms with Crippen molar-refractivity contribution in [2.45, 2.75) is 20.3 Å². The van der Waals surface area contributed by atoms with Crippen LogP contribution in [-0.4, -0.2) is 71.9 Å². The predicted molar refractivity (Wildman–Crippen MR) is 63.2 cm³/mol. The van der Waals surface area contributed by atoms with E-state index in [-0.39, 0.29) is 19.1 Å². The van der Waals surface area contributed by atoms with Crippen molar-refractivity contribution in [2.24, 2.45) is 0 Å². The molecule has 0 unspecified atom stereocenters. The third kappa shape index (κ3) is 6.05. The number of carbonyl (C=O) groups is 1. The topological polar surface area (TPSA) is 64.0 Å². The number of aliphatic hydroxyl groups excluding tert-OH is 2. The van der Waals surface area contributed by atoms with Gasteiger partial charge in [-0.05, 0) is 19.5 Å². The highest BCUT2D eigenvalue weighted by molar-refractivity contribution is 5.78. The number of likely N-dealkylation sites (N-methyl/N-ethyl adjacent to an activating group) is 1. The lowest BCUT2D eigenvalue weighted by Crippen LogP contribution is -2.43. The van der Waals surface area contributed by atoms with Gasteiger partial charge in [0.25, 0.3) is 0 Å². The van der Waals surface area contributed by atoms with Gasteiger partial charge in [-0.15, -0.1) is 0 Å². The number of hydrogen-bond acceptors (Lipinski definition) is 4. The van der Waals surface area contributed by atoms with Crippen molar-refractivity contribution in [1.29, 1.82) is 0 Å². The van der Waals surface area contributed by atoms with Crippen LogP contribution in [0, 0.1) is 0 Å². The zero-order chi connectivity index (χ0) is 12.4. The fourth-order valence-corrected chi connectivity index (χ4v) is 1.56. The molecule has 0 aromatic carbocycles. The van der Waals surface area contributed by atoms with Gasteiger partial charge in [-0.25, -0.2) is 0 Å². The van der Waals surface area contributed by atoms with Gasteiger partial charge in [0.2, 0.25) is 5.91 Å². The van der Waals surface area contributed by atoms with E-state index in [2.05, 4.69) is 11.8 Å². The molecule has 5 nitrogen and oxygen atoms in total. The van der Waals surface area contributed by atoms with Gasteiger partial charge in [-0.1, -0.05) is 13.8 Å². The van der Waals surface area contributed by atoms with E-state index in [9.17, 15) is 4.79 Å². The normalized spacial score (nSPS) is 10.8. The number of carbonyl (C=O) groups excluding carboxylic acids is 1. The largest absolute Gasteiger partial charge is 0.395 e. The van der Waals surface area contributed by atoms with Crippen molar-refractivity contribution in [3.05, 3.63) is 0 Å². The molecule has 1 amide bonds. The summed E-state index contributed by atoms with van der Waals surface area (Å²) in [6.45, 7) is 6.66. The molecule has 0 rings (SSSR count). The van der Waals surface area contributed by atoms with Gasteiger partial charge in [0, 0.05) is 13.1 Å². The van der Waals surface area contributed by atoms with Crippen molar-refractivity contribution in [2.75, 3.05) is 45.9 Å². The molecule has 0 radical (unpaired) electrons. The summed E-state index contributed by atoms with van der Waals surface area (Å²) in [5.74, 6) is -0.0293. The molecule has 0 spiro atoms. The van der Waals surface area contributed by atoms with Crippen LogP contribution in [0.15, 0.2) is 0 Å². The molecule has 16 heavy (non-hydrogen) atoms. The Bertz CT molecular complexity index is 182.